The second kappa shape index (κ2) is 5.32. The lowest BCUT2D eigenvalue weighted by atomic mass is 9.86. The van der Waals surface area contributed by atoms with Crippen LogP contribution in [-0.4, -0.2) is 31.9 Å². The fourth-order valence-corrected chi connectivity index (χ4v) is 2.30. The average molecular weight is 221 g/mol. The lowest BCUT2D eigenvalue weighted by Crippen LogP contribution is -2.36. The van der Waals surface area contributed by atoms with Crippen LogP contribution in [0.15, 0.2) is 24.3 Å². The minimum atomic E-state index is 0.277. The summed E-state index contributed by atoms with van der Waals surface area (Å²) in [5.41, 5.74) is 1.33. The van der Waals surface area contributed by atoms with Crippen LogP contribution in [0.1, 0.15) is 17.9 Å². The summed E-state index contributed by atoms with van der Waals surface area (Å²) in [6.45, 7) is 2.21. The summed E-state index contributed by atoms with van der Waals surface area (Å²) in [6.07, 6.45) is 1.07. The molecule has 3 nitrogen and oxygen atoms in total. The number of benzene rings is 1. The van der Waals surface area contributed by atoms with Crippen LogP contribution in [0.3, 0.4) is 0 Å². The van der Waals surface area contributed by atoms with Crippen molar-refractivity contribution >= 4 is 0 Å². The highest BCUT2D eigenvalue weighted by Crippen LogP contribution is 2.27. The van der Waals surface area contributed by atoms with E-state index in [1.54, 1.807) is 7.11 Å². The molecule has 1 aromatic rings. The lowest BCUT2D eigenvalue weighted by molar-refractivity contribution is 0.190. The molecule has 0 aromatic heterocycles. The molecule has 1 aromatic carbocycles. The molecule has 88 valence electrons. The zero-order chi connectivity index (χ0) is 11.4. The molecule has 2 unspecified atom stereocenters. The van der Waals surface area contributed by atoms with Gasteiger partial charge in [-0.2, -0.15) is 0 Å². The number of aliphatic hydroxyl groups is 1. The number of nitrogens with one attached hydrogen (secondary N) is 1. The largest absolute Gasteiger partial charge is 0.497 e. The molecule has 0 amide bonds. The Labute approximate surface area is 96.4 Å². The summed E-state index contributed by atoms with van der Waals surface area (Å²) in [7, 11) is 1.68. The first-order chi connectivity index (χ1) is 7.83. The number of hydrogen-bond acceptors (Lipinski definition) is 3. The number of rotatable bonds is 3. The molecule has 1 aliphatic rings. The van der Waals surface area contributed by atoms with Gasteiger partial charge in [0.1, 0.15) is 5.75 Å². The summed E-state index contributed by atoms with van der Waals surface area (Å²) in [5, 5.41) is 12.5. The van der Waals surface area contributed by atoms with Crippen molar-refractivity contribution in [3.05, 3.63) is 29.8 Å². The van der Waals surface area contributed by atoms with E-state index >= 15 is 0 Å². The Morgan fingerprint density at radius 2 is 2.06 bits per heavy atom. The number of ether oxygens (including phenoxy) is 1. The van der Waals surface area contributed by atoms with Crippen LogP contribution in [0.25, 0.3) is 0 Å². The van der Waals surface area contributed by atoms with Crippen molar-refractivity contribution in [3.63, 3.8) is 0 Å². The van der Waals surface area contributed by atoms with Gasteiger partial charge >= 0.3 is 0 Å². The predicted octanol–water partition coefficient (Wildman–Crippen LogP) is 1.38. The quantitative estimate of drug-likeness (QED) is 0.810. The SMILES string of the molecule is COc1ccc(C2CNCC(CO)C2)cc1. The van der Waals surface area contributed by atoms with Crippen LogP contribution in [-0.2, 0) is 0 Å². The summed E-state index contributed by atoms with van der Waals surface area (Å²) >= 11 is 0. The maximum Gasteiger partial charge on any atom is 0.118 e. The Kier molecular flexibility index (Phi) is 3.80. The van der Waals surface area contributed by atoms with Crippen molar-refractivity contribution < 1.29 is 9.84 Å². The second-order valence-electron chi connectivity index (χ2n) is 4.41. The third-order valence-electron chi connectivity index (χ3n) is 3.29. The lowest BCUT2D eigenvalue weighted by Gasteiger charge is -2.29. The van der Waals surface area contributed by atoms with E-state index in [0.717, 1.165) is 25.3 Å². The van der Waals surface area contributed by atoms with Crippen molar-refractivity contribution in [1.82, 2.24) is 5.32 Å². The Bertz CT molecular complexity index is 323. The minimum absolute atomic E-state index is 0.277. The highest BCUT2D eigenvalue weighted by molar-refractivity contribution is 5.29. The first-order valence-electron chi connectivity index (χ1n) is 5.79. The molecule has 2 rings (SSSR count). The Balaban J connectivity index is 2.05. The standard InChI is InChI=1S/C13H19NO2/c1-16-13-4-2-11(3-5-13)12-6-10(9-15)7-14-8-12/h2-5,10,12,14-15H,6-9H2,1H3. The van der Waals surface area contributed by atoms with E-state index in [2.05, 4.69) is 17.4 Å². The zero-order valence-electron chi connectivity index (χ0n) is 9.65. The molecule has 1 fully saturated rings. The molecule has 3 heteroatoms. The molecule has 0 saturated carbocycles. The molecule has 0 bridgehead atoms. The predicted molar refractivity (Wildman–Crippen MR) is 63.8 cm³/mol. The molecule has 0 aliphatic carbocycles. The molecule has 1 heterocycles. The van der Waals surface area contributed by atoms with Crippen molar-refractivity contribution in [1.29, 1.82) is 0 Å². The van der Waals surface area contributed by atoms with Crippen LogP contribution in [0.2, 0.25) is 0 Å². The fourth-order valence-electron chi connectivity index (χ4n) is 2.30. The van der Waals surface area contributed by atoms with Gasteiger partial charge in [0.25, 0.3) is 0 Å². The van der Waals surface area contributed by atoms with Gasteiger partial charge in [-0.05, 0) is 36.0 Å². The number of methoxy groups -OCH3 is 1. The molecule has 0 radical (unpaired) electrons. The molecule has 1 aliphatic heterocycles. The van der Waals surface area contributed by atoms with Gasteiger partial charge in [0.15, 0.2) is 0 Å². The van der Waals surface area contributed by atoms with Crippen LogP contribution < -0.4 is 10.1 Å². The van der Waals surface area contributed by atoms with E-state index in [0.29, 0.717) is 11.8 Å². The second-order valence-corrected chi connectivity index (χ2v) is 4.41. The summed E-state index contributed by atoms with van der Waals surface area (Å²) in [4.78, 5) is 0. The van der Waals surface area contributed by atoms with Gasteiger partial charge in [0, 0.05) is 19.7 Å². The average Bonchev–Trinajstić information content (AvgIpc) is 2.39. The fraction of sp³-hybridized carbons (Fsp3) is 0.538. The van der Waals surface area contributed by atoms with Crippen molar-refractivity contribution in [3.8, 4) is 5.75 Å². The van der Waals surface area contributed by atoms with E-state index in [1.807, 2.05) is 12.1 Å². The highest BCUT2D eigenvalue weighted by Gasteiger charge is 2.22. The number of hydrogen-bond donors (Lipinski definition) is 2. The van der Waals surface area contributed by atoms with Gasteiger partial charge in [0.2, 0.25) is 0 Å². The summed E-state index contributed by atoms with van der Waals surface area (Å²) < 4.78 is 5.14. The molecular weight excluding hydrogens is 202 g/mol. The van der Waals surface area contributed by atoms with Crippen molar-refractivity contribution in [2.45, 2.75) is 12.3 Å². The van der Waals surface area contributed by atoms with Crippen molar-refractivity contribution in [2.24, 2.45) is 5.92 Å². The van der Waals surface area contributed by atoms with E-state index in [1.165, 1.54) is 5.56 Å². The van der Waals surface area contributed by atoms with Gasteiger partial charge in [-0.15, -0.1) is 0 Å². The zero-order valence-corrected chi connectivity index (χ0v) is 9.65. The highest BCUT2D eigenvalue weighted by atomic mass is 16.5. The Morgan fingerprint density at radius 3 is 2.69 bits per heavy atom. The number of piperidine rings is 1. The molecular formula is C13H19NO2. The third kappa shape index (κ3) is 2.54. The maximum absolute atomic E-state index is 9.18. The van der Waals surface area contributed by atoms with Gasteiger partial charge in [-0.25, -0.2) is 0 Å². The van der Waals surface area contributed by atoms with E-state index in [-0.39, 0.29) is 6.61 Å². The van der Waals surface area contributed by atoms with Gasteiger partial charge < -0.3 is 15.2 Å². The molecule has 16 heavy (non-hydrogen) atoms. The van der Waals surface area contributed by atoms with Crippen LogP contribution in [0.5, 0.6) is 5.75 Å². The molecule has 0 spiro atoms. The summed E-state index contributed by atoms with van der Waals surface area (Å²) in [5.74, 6) is 1.80. The van der Waals surface area contributed by atoms with E-state index < -0.39 is 0 Å². The van der Waals surface area contributed by atoms with E-state index in [9.17, 15) is 5.11 Å². The van der Waals surface area contributed by atoms with Gasteiger partial charge in [-0.3, -0.25) is 0 Å². The first kappa shape index (κ1) is 11.4. The summed E-state index contributed by atoms with van der Waals surface area (Å²) in [6, 6.07) is 8.23. The van der Waals surface area contributed by atoms with Gasteiger partial charge in [-0.1, -0.05) is 12.1 Å². The van der Waals surface area contributed by atoms with Crippen LogP contribution in [0, 0.1) is 5.92 Å². The molecule has 2 atom stereocenters. The number of aliphatic hydroxyl groups excluding tert-OH is 1. The first-order valence-corrected chi connectivity index (χ1v) is 5.79. The Hall–Kier alpha value is -1.06. The maximum atomic E-state index is 9.18. The van der Waals surface area contributed by atoms with E-state index in [4.69, 9.17) is 4.74 Å². The van der Waals surface area contributed by atoms with Crippen molar-refractivity contribution in [2.75, 3.05) is 26.8 Å². The smallest absolute Gasteiger partial charge is 0.118 e. The van der Waals surface area contributed by atoms with Gasteiger partial charge in [0.05, 0.1) is 7.11 Å². The van der Waals surface area contributed by atoms with Crippen LogP contribution in [0.4, 0.5) is 0 Å². The Morgan fingerprint density at radius 1 is 1.31 bits per heavy atom. The molecule has 1 saturated heterocycles. The monoisotopic (exact) mass is 221 g/mol. The molecule has 2 N–H and O–H groups in total. The van der Waals surface area contributed by atoms with Crippen LogP contribution >= 0.6 is 0 Å². The topological polar surface area (TPSA) is 41.5 Å². The normalized spacial score (nSPS) is 25.4. The third-order valence-corrected chi connectivity index (χ3v) is 3.29. The minimum Gasteiger partial charge on any atom is -0.497 e.